The van der Waals surface area contributed by atoms with E-state index in [4.69, 9.17) is 5.11 Å². The van der Waals surface area contributed by atoms with E-state index >= 15 is 0 Å². The number of carbonyl (C=O) groups is 2. The van der Waals surface area contributed by atoms with Crippen molar-refractivity contribution in [3.63, 3.8) is 0 Å². The third kappa shape index (κ3) is 4.37. The minimum Gasteiger partial charge on any atom is -0.480 e. The third-order valence-electron chi connectivity index (χ3n) is 3.75. The van der Waals surface area contributed by atoms with Gasteiger partial charge in [-0.1, -0.05) is 13.8 Å². The van der Waals surface area contributed by atoms with Gasteiger partial charge in [-0.3, -0.25) is 9.69 Å². The Balaban J connectivity index is 2.51. The second kappa shape index (κ2) is 8.09. The number of aliphatic carboxylic acids is 1. The molecule has 116 valence electrons. The van der Waals surface area contributed by atoms with Crippen LogP contribution < -0.4 is 0 Å². The normalized spacial score (nSPS) is 17.9. The van der Waals surface area contributed by atoms with Crippen LogP contribution in [0.15, 0.2) is 0 Å². The quantitative estimate of drug-likeness (QED) is 0.799. The average Bonchev–Trinajstić information content (AvgIpc) is 2.45. The van der Waals surface area contributed by atoms with E-state index in [1.807, 2.05) is 14.7 Å². The molecule has 1 aliphatic rings. The molecule has 1 heterocycles. The Morgan fingerprint density at radius 1 is 1.10 bits per heavy atom. The fourth-order valence-corrected chi connectivity index (χ4v) is 2.50. The summed E-state index contributed by atoms with van der Waals surface area (Å²) in [6, 6.07) is -0.383. The van der Waals surface area contributed by atoms with Crippen molar-refractivity contribution < 1.29 is 14.7 Å². The van der Waals surface area contributed by atoms with Crippen LogP contribution in [0.5, 0.6) is 0 Å². The Morgan fingerprint density at radius 2 is 1.60 bits per heavy atom. The molecule has 0 radical (unpaired) electrons. The summed E-state index contributed by atoms with van der Waals surface area (Å²) in [5, 5.41) is 9.01. The van der Waals surface area contributed by atoms with Crippen molar-refractivity contribution in [2.75, 3.05) is 39.3 Å². The van der Waals surface area contributed by atoms with Crippen molar-refractivity contribution in [3.8, 4) is 0 Å². The summed E-state index contributed by atoms with van der Waals surface area (Å²) in [6.07, 6.45) is 1.92. The molecule has 1 aliphatic heterocycles. The largest absolute Gasteiger partial charge is 0.480 e. The van der Waals surface area contributed by atoms with E-state index in [-0.39, 0.29) is 6.03 Å². The Hall–Kier alpha value is -1.30. The number of amides is 2. The lowest BCUT2D eigenvalue weighted by atomic mass is 10.2. The molecule has 2 amide bonds. The highest BCUT2D eigenvalue weighted by Gasteiger charge is 2.28. The highest BCUT2D eigenvalue weighted by molar-refractivity contribution is 5.75. The number of carboxylic acids is 1. The molecule has 0 aromatic carbocycles. The molecule has 0 saturated carbocycles. The fourth-order valence-electron chi connectivity index (χ4n) is 2.50. The Kier molecular flexibility index (Phi) is 6.78. The molecule has 0 aliphatic carbocycles. The highest BCUT2D eigenvalue weighted by Crippen LogP contribution is 2.10. The minimum absolute atomic E-state index is 0.0938. The van der Waals surface area contributed by atoms with Crippen LogP contribution in [0.25, 0.3) is 0 Å². The lowest BCUT2D eigenvalue weighted by Gasteiger charge is -2.38. The number of carboxylic acid groups (broad SMARTS) is 1. The molecule has 0 spiro atoms. The van der Waals surface area contributed by atoms with E-state index < -0.39 is 12.0 Å². The minimum atomic E-state index is -0.802. The third-order valence-corrected chi connectivity index (χ3v) is 3.75. The van der Waals surface area contributed by atoms with Gasteiger partial charge in [-0.25, -0.2) is 4.79 Å². The zero-order valence-corrected chi connectivity index (χ0v) is 12.8. The highest BCUT2D eigenvalue weighted by atomic mass is 16.4. The number of hydrogen-bond acceptors (Lipinski definition) is 3. The van der Waals surface area contributed by atoms with Crippen LogP contribution in [-0.2, 0) is 4.79 Å². The first-order chi connectivity index (χ1) is 9.51. The molecule has 6 heteroatoms. The summed E-state index contributed by atoms with van der Waals surface area (Å²) in [7, 11) is 0. The van der Waals surface area contributed by atoms with E-state index in [2.05, 4.69) is 13.8 Å². The summed E-state index contributed by atoms with van der Waals surface area (Å²) in [4.78, 5) is 29.0. The Labute approximate surface area is 121 Å². The first-order valence-electron chi connectivity index (χ1n) is 7.51. The summed E-state index contributed by atoms with van der Waals surface area (Å²) in [6.45, 7) is 9.90. The number of carbonyl (C=O) groups excluding carboxylic acids is 1. The SMILES string of the molecule is CCCN(CCC)C(=O)N1CCN(C(C)C(=O)O)CC1. The lowest BCUT2D eigenvalue weighted by Crippen LogP contribution is -2.55. The standard InChI is InChI=1S/C14H27N3O3/c1-4-6-16(7-5-2)14(20)17-10-8-15(9-11-17)12(3)13(18)19/h12H,4-11H2,1-3H3,(H,18,19). The van der Waals surface area contributed by atoms with E-state index in [0.29, 0.717) is 26.2 Å². The van der Waals surface area contributed by atoms with Gasteiger partial charge in [0.1, 0.15) is 6.04 Å². The summed E-state index contributed by atoms with van der Waals surface area (Å²) in [5.74, 6) is -0.802. The van der Waals surface area contributed by atoms with Gasteiger partial charge in [0.05, 0.1) is 0 Å². The summed E-state index contributed by atoms with van der Waals surface area (Å²) >= 11 is 0. The maximum absolute atomic E-state index is 12.4. The zero-order chi connectivity index (χ0) is 15.1. The van der Waals surface area contributed by atoms with Gasteiger partial charge in [-0.15, -0.1) is 0 Å². The molecule has 0 aromatic heterocycles. The van der Waals surface area contributed by atoms with E-state index in [1.54, 1.807) is 6.92 Å². The van der Waals surface area contributed by atoms with Crippen LogP contribution in [0.1, 0.15) is 33.6 Å². The molecule has 1 unspecified atom stereocenters. The van der Waals surface area contributed by atoms with E-state index in [1.165, 1.54) is 0 Å². The van der Waals surface area contributed by atoms with Crippen LogP contribution in [0.2, 0.25) is 0 Å². The predicted octanol–water partition coefficient (Wildman–Crippen LogP) is 1.32. The zero-order valence-electron chi connectivity index (χ0n) is 12.8. The maximum atomic E-state index is 12.4. The van der Waals surface area contributed by atoms with Crippen LogP contribution in [0, 0.1) is 0 Å². The van der Waals surface area contributed by atoms with Gasteiger partial charge >= 0.3 is 12.0 Å². The van der Waals surface area contributed by atoms with E-state index in [9.17, 15) is 9.59 Å². The maximum Gasteiger partial charge on any atom is 0.320 e. The second-order valence-corrected chi connectivity index (χ2v) is 5.31. The molecule has 1 fully saturated rings. The lowest BCUT2D eigenvalue weighted by molar-refractivity contribution is -0.143. The van der Waals surface area contributed by atoms with Crippen molar-refractivity contribution in [1.29, 1.82) is 0 Å². The molecule has 0 aromatic rings. The van der Waals surface area contributed by atoms with Crippen molar-refractivity contribution in [2.45, 2.75) is 39.7 Å². The number of urea groups is 1. The van der Waals surface area contributed by atoms with Gasteiger partial charge in [0, 0.05) is 39.3 Å². The first kappa shape index (κ1) is 16.8. The molecular formula is C14H27N3O3. The van der Waals surface area contributed by atoms with Crippen molar-refractivity contribution in [3.05, 3.63) is 0 Å². The molecule has 1 rings (SSSR count). The monoisotopic (exact) mass is 285 g/mol. The first-order valence-corrected chi connectivity index (χ1v) is 7.51. The van der Waals surface area contributed by atoms with Gasteiger partial charge in [-0.2, -0.15) is 0 Å². The molecule has 1 N–H and O–H groups in total. The van der Waals surface area contributed by atoms with Gasteiger partial charge in [0.15, 0.2) is 0 Å². The van der Waals surface area contributed by atoms with Gasteiger partial charge in [0.25, 0.3) is 0 Å². The number of rotatable bonds is 6. The Morgan fingerprint density at radius 3 is 2.00 bits per heavy atom. The topological polar surface area (TPSA) is 64.1 Å². The molecule has 1 saturated heterocycles. The predicted molar refractivity (Wildman–Crippen MR) is 77.8 cm³/mol. The summed E-state index contributed by atoms with van der Waals surface area (Å²) < 4.78 is 0. The number of piperazine rings is 1. The van der Waals surface area contributed by atoms with Crippen LogP contribution in [-0.4, -0.2) is 77.1 Å². The number of nitrogens with zero attached hydrogens (tertiary/aromatic N) is 3. The molecule has 0 bridgehead atoms. The smallest absolute Gasteiger partial charge is 0.320 e. The van der Waals surface area contributed by atoms with Gasteiger partial charge < -0.3 is 14.9 Å². The van der Waals surface area contributed by atoms with Crippen molar-refractivity contribution in [1.82, 2.24) is 14.7 Å². The van der Waals surface area contributed by atoms with E-state index in [0.717, 1.165) is 25.9 Å². The van der Waals surface area contributed by atoms with Crippen molar-refractivity contribution in [2.24, 2.45) is 0 Å². The fraction of sp³-hybridized carbons (Fsp3) is 0.857. The van der Waals surface area contributed by atoms with Crippen LogP contribution in [0.3, 0.4) is 0 Å². The van der Waals surface area contributed by atoms with Crippen molar-refractivity contribution >= 4 is 12.0 Å². The van der Waals surface area contributed by atoms with Gasteiger partial charge in [-0.05, 0) is 19.8 Å². The average molecular weight is 285 g/mol. The second-order valence-electron chi connectivity index (χ2n) is 5.31. The van der Waals surface area contributed by atoms with Gasteiger partial charge in [0.2, 0.25) is 0 Å². The van der Waals surface area contributed by atoms with Crippen LogP contribution in [0.4, 0.5) is 4.79 Å². The molecule has 6 nitrogen and oxygen atoms in total. The summed E-state index contributed by atoms with van der Waals surface area (Å²) in [5.41, 5.74) is 0. The molecular weight excluding hydrogens is 258 g/mol. The Bertz CT molecular complexity index is 322. The number of hydrogen-bond donors (Lipinski definition) is 1. The van der Waals surface area contributed by atoms with Crippen LogP contribution >= 0.6 is 0 Å². The molecule has 1 atom stereocenters. The molecule has 20 heavy (non-hydrogen) atoms.